The molecule has 4 heteroatoms. The van der Waals surface area contributed by atoms with Gasteiger partial charge >= 0.3 is 0 Å². The summed E-state index contributed by atoms with van der Waals surface area (Å²) in [5.41, 5.74) is 0. The first-order valence-electron chi connectivity index (χ1n) is 12.7. The number of hydrogen-bond acceptors (Lipinski definition) is 3. The Morgan fingerprint density at radius 1 is 0.931 bits per heavy atom. The fraction of sp³-hybridized carbons (Fsp3) is 0.960. The lowest BCUT2D eigenvalue weighted by Gasteiger charge is -2.31. The summed E-state index contributed by atoms with van der Waals surface area (Å²) < 4.78 is 5.79. The molecule has 2 atom stereocenters. The van der Waals surface area contributed by atoms with Crippen molar-refractivity contribution in [3.63, 3.8) is 0 Å². The van der Waals surface area contributed by atoms with Crippen molar-refractivity contribution in [3.8, 4) is 0 Å². The van der Waals surface area contributed by atoms with E-state index in [0.717, 1.165) is 38.5 Å². The average molecular weight is 411 g/mol. The summed E-state index contributed by atoms with van der Waals surface area (Å²) in [6.45, 7) is 9.27. The lowest BCUT2D eigenvalue weighted by atomic mass is 10.0. The summed E-state index contributed by atoms with van der Waals surface area (Å²) in [5, 5.41) is 6.53. The van der Waals surface area contributed by atoms with Crippen molar-refractivity contribution in [1.29, 1.82) is 0 Å². The van der Waals surface area contributed by atoms with Crippen LogP contribution < -0.4 is 10.6 Å². The van der Waals surface area contributed by atoms with Crippen molar-refractivity contribution >= 4 is 5.91 Å². The van der Waals surface area contributed by atoms with Crippen LogP contribution in [0.4, 0.5) is 0 Å². The molecular formula is C25H50N2O2. The number of amides is 1. The summed E-state index contributed by atoms with van der Waals surface area (Å²) in [6, 6.07) is 0.144. The first-order chi connectivity index (χ1) is 14.1. The summed E-state index contributed by atoms with van der Waals surface area (Å²) in [6.07, 6.45) is 19.2. The molecule has 0 aromatic rings. The predicted octanol–water partition coefficient (Wildman–Crippen LogP) is 5.99. The quantitative estimate of drug-likeness (QED) is 0.273. The third-order valence-electron chi connectivity index (χ3n) is 6.13. The van der Waals surface area contributed by atoms with Crippen LogP contribution in [0.15, 0.2) is 0 Å². The Morgan fingerprint density at radius 2 is 1.48 bits per heavy atom. The van der Waals surface area contributed by atoms with Gasteiger partial charge in [-0.1, -0.05) is 97.8 Å². The van der Waals surface area contributed by atoms with E-state index >= 15 is 0 Å². The van der Waals surface area contributed by atoms with Crippen molar-refractivity contribution in [2.24, 2.45) is 5.92 Å². The molecule has 1 amide bonds. The molecule has 1 aliphatic rings. The SMILES string of the molecule is CCC(NC(=O)CCCCCCCCCCCCCCC(C)C)C1CNCCO1. The third kappa shape index (κ3) is 14.9. The topological polar surface area (TPSA) is 50.4 Å². The Bertz CT molecular complexity index is 381. The fourth-order valence-electron chi connectivity index (χ4n) is 4.19. The molecule has 0 saturated carbocycles. The van der Waals surface area contributed by atoms with Crippen LogP contribution >= 0.6 is 0 Å². The van der Waals surface area contributed by atoms with Gasteiger partial charge in [-0.15, -0.1) is 0 Å². The fourth-order valence-corrected chi connectivity index (χ4v) is 4.19. The lowest BCUT2D eigenvalue weighted by molar-refractivity contribution is -0.123. The molecule has 172 valence electrons. The third-order valence-corrected chi connectivity index (χ3v) is 6.13. The molecular weight excluding hydrogens is 360 g/mol. The van der Waals surface area contributed by atoms with Crippen molar-refractivity contribution in [2.45, 2.75) is 129 Å². The highest BCUT2D eigenvalue weighted by atomic mass is 16.5. The van der Waals surface area contributed by atoms with Crippen LogP contribution in [-0.2, 0) is 9.53 Å². The van der Waals surface area contributed by atoms with Gasteiger partial charge in [0, 0.05) is 19.5 Å². The monoisotopic (exact) mass is 410 g/mol. The minimum absolute atomic E-state index is 0.123. The number of nitrogens with one attached hydrogen (secondary N) is 2. The number of ether oxygens (including phenoxy) is 1. The van der Waals surface area contributed by atoms with Crippen molar-refractivity contribution in [3.05, 3.63) is 0 Å². The number of unbranched alkanes of at least 4 members (excludes halogenated alkanes) is 11. The molecule has 1 saturated heterocycles. The van der Waals surface area contributed by atoms with Gasteiger partial charge in [0.25, 0.3) is 0 Å². The number of carbonyl (C=O) groups is 1. The van der Waals surface area contributed by atoms with Gasteiger partial charge in [-0.05, 0) is 18.8 Å². The van der Waals surface area contributed by atoms with Crippen LogP contribution in [0.2, 0.25) is 0 Å². The van der Waals surface area contributed by atoms with Gasteiger partial charge in [0.1, 0.15) is 0 Å². The smallest absolute Gasteiger partial charge is 0.220 e. The van der Waals surface area contributed by atoms with Crippen LogP contribution in [0.3, 0.4) is 0 Å². The highest BCUT2D eigenvalue weighted by molar-refractivity contribution is 5.76. The van der Waals surface area contributed by atoms with E-state index in [9.17, 15) is 4.79 Å². The summed E-state index contributed by atoms with van der Waals surface area (Å²) in [4.78, 5) is 12.2. The van der Waals surface area contributed by atoms with Crippen LogP contribution in [0.25, 0.3) is 0 Å². The predicted molar refractivity (Wildman–Crippen MR) is 124 cm³/mol. The minimum atomic E-state index is 0.123. The van der Waals surface area contributed by atoms with Gasteiger partial charge in [0.05, 0.1) is 18.8 Å². The van der Waals surface area contributed by atoms with Gasteiger partial charge in [-0.2, -0.15) is 0 Å². The molecule has 0 aromatic carbocycles. The summed E-state index contributed by atoms with van der Waals surface area (Å²) in [7, 11) is 0. The van der Waals surface area contributed by atoms with E-state index in [2.05, 4.69) is 31.4 Å². The molecule has 1 aliphatic heterocycles. The molecule has 2 unspecified atom stereocenters. The molecule has 4 nitrogen and oxygen atoms in total. The van der Waals surface area contributed by atoms with Crippen molar-refractivity contribution in [1.82, 2.24) is 10.6 Å². The second-order valence-corrected chi connectivity index (χ2v) is 9.37. The van der Waals surface area contributed by atoms with Crippen LogP contribution in [0.5, 0.6) is 0 Å². The van der Waals surface area contributed by atoms with E-state index in [-0.39, 0.29) is 18.1 Å². The minimum Gasteiger partial charge on any atom is -0.373 e. The van der Waals surface area contributed by atoms with E-state index in [1.807, 2.05) is 0 Å². The molecule has 0 bridgehead atoms. The lowest BCUT2D eigenvalue weighted by Crippen LogP contribution is -2.51. The zero-order valence-corrected chi connectivity index (χ0v) is 19.8. The molecule has 1 fully saturated rings. The highest BCUT2D eigenvalue weighted by Gasteiger charge is 2.24. The molecule has 1 rings (SSSR count). The van der Waals surface area contributed by atoms with Gasteiger partial charge < -0.3 is 15.4 Å². The second-order valence-electron chi connectivity index (χ2n) is 9.37. The normalized spacial score (nSPS) is 18.1. The molecule has 1 heterocycles. The highest BCUT2D eigenvalue weighted by Crippen LogP contribution is 2.14. The molecule has 29 heavy (non-hydrogen) atoms. The zero-order chi connectivity index (χ0) is 21.2. The number of rotatable bonds is 18. The van der Waals surface area contributed by atoms with E-state index in [0.29, 0.717) is 6.42 Å². The van der Waals surface area contributed by atoms with Gasteiger partial charge in [-0.3, -0.25) is 4.79 Å². The van der Waals surface area contributed by atoms with E-state index in [4.69, 9.17) is 4.74 Å². The standard InChI is InChI=1S/C25H50N2O2/c1-4-23(24-21-26-19-20-29-24)27-25(28)18-16-14-12-10-8-6-5-7-9-11-13-15-17-22(2)3/h22-24,26H,4-21H2,1-3H3,(H,27,28). The Hall–Kier alpha value is -0.610. The number of hydrogen-bond donors (Lipinski definition) is 2. The molecule has 0 radical (unpaired) electrons. The largest absolute Gasteiger partial charge is 0.373 e. The van der Waals surface area contributed by atoms with Crippen molar-refractivity contribution in [2.75, 3.05) is 19.7 Å². The van der Waals surface area contributed by atoms with E-state index in [1.165, 1.54) is 77.0 Å². The Balaban J connectivity index is 1.85. The second kappa shape index (κ2) is 18.2. The van der Waals surface area contributed by atoms with Crippen molar-refractivity contribution < 1.29 is 9.53 Å². The van der Waals surface area contributed by atoms with Crippen LogP contribution in [0, 0.1) is 5.92 Å². The summed E-state index contributed by atoms with van der Waals surface area (Å²) in [5.74, 6) is 1.06. The van der Waals surface area contributed by atoms with E-state index in [1.54, 1.807) is 0 Å². The summed E-state index contributed by atoms with van der Waals surface area (Å²) >= 11 is 0. The number of carbonyl (C=O) groups excluding carboxylic acids is 1. The Labute approximate surface area is 181 Å². The molecule has 2 N–H and O–H groups in total. The van der Waals surface area contributed by atoms with Gasteiger partial charge in [-0.25, -0.2) is 0 Å². The maximum atomic E-state index is 12.2. The first-order valence-corrected chi connectivity index (χ1v) is 12.7. The molecule has 0 aromatic heterocycles. The van der Waals surface area contributed by atoms with Crippen LogP contribution in [0.1, 0.15) is 117 Å². The van der Waals surface area contributed by atoms with Gasteiger partial charge in [0.2, 0.25) is 5.91 Å². The number of morpholine rings is 1. The Kier molecular flexibility index (Phi) is 16.6. The average Bonchev–Trinajstić information content (AvgIpc) is 2.72. The van der Waals surface area contributed by atoms with E-state index < -0.39 is 0 Å². The van der Waals surface area contributed by atoms with Crippen LogP contribution in [-0.4, -0.2) is 37.7 Å². The molecule has 0 spiro atoms. The molecule has 0 aliphatic carbocycles. The zero-order valence-electron chi connectivity index (χ0n) is 19.8. The Morgan fingerprint density at radius 3 is 1.97 bits per heavy atom. The maximum Gasteiger partial charge on any atom is 0.220 e. The first kappa shape index (κ1) is 26.4. The maximum absolute atomic E-state index is 12.2. The van der Waals surface area contributed by atoms with Gasteiger partial charge in [0.15, 0.2) is 0 Å².